The molecule has 0 saturated carbocycles. The maximum absolute atomic E-state index is 12.6. The first-order valence-electron chi connectivity index (χ1n) is 6.74. The molecule has 0 unspecified atom stereocenters. The molecule has 0 spiro atoms. The number of aromatic nitrogens is 1. The van der Waals surface area contributed by atoms with E-state index < -0.39 is 15.6 Å². The van der Waals surface area contributed by atoms with E-state index in [0.717, 1.165) is 16.7 Å². The number of rotatable bonds is 4. The number of nitrogens with one attached hydrogen (secondary N) is 1. The zero-order valence-electron chi connectivity index (χ0n) is 12.7. The van der Waals surface area contributed by atoms with Crippen molar-refractivity contribution in [1.82, 2.24) is 9.71 Å². The summed E-state index contributed by atoms with van der Waals surface area (Å²) in [6.45, 7) is 7.50. The highest BCUT2D eigenvalue weighted by Gasteiger charge is 2.28. The molecule has 4 nitrogen and oxygen atoms in total. The molecule has 2 aromatic rings. The quantitative estimate of drug-likeness (QED) is 0.945. The van der Waals surface area contributed by atoms with Gasteiger partial charge in [-0.3, -0.25) is 4.98 Å². The van der Waals surface area contributed by atoms with Crippen molar-refractivity contribution in [1.29, 1.82) is 0 Å². The predicted molar refractivity (Wildman–Crippen MR) is 83.5 cm³/mol. The van der Waals surface area contributed by atoms with Gasteiger partial charge in [0, 0.05) is 12.4 Å². The highest BCUT2D eigenvalue weighted by atomic mass is 32.2. The first-order valence-corrected chi connectivity index (χ1v) is 8.22. The Kier molecular flexibility index (Phi) is 4.16. The number of hydrogen-bond donors (Lipinski definition) is 1. The molecule has 0 aliphatic carbocycles. The van der Waals surface area contributed by atoms with Gasteiger partial charge in [-0.15, -0.1) is 0 Å². The molecule has 1 heterocycles. The van der Waals surface area contributed by atoms with Gasteiger partial charge in [0.05, 0.1) is 10.4 Å². The van der Waals surface area contributed by atoms with E-state index in [0.29, 0.717) is 0 Å². The van der Waals surface area contributed by atoms with Crippen LogP contribution in [0.4, 0.5) is 0 Å². The van der Waals surface area contributed by atoms with Crippen LogP contribution in [0.1, 0.15) is 30.5 Å². The summed E-state index contributed by atoms with van der Waals surface area (Å²) in [5, 5.41) is 0. The smallest absolute Gasteiger partial charge is 0.241 e. The fourth-order valence-electron chi connectivity index (χ4n) is 2.07. The van der Waals surface area contributed by atoms with E-state index in [1.54, 1.807) is 30.6 Å². The summed E-state index contributed by atoms with van der Waals surface area (Å²) in [4.78, 5) is 4.32. The minimum Gasteiger partial charge on any atom is -0.264 e. The van der Waals surface area contributed by atoms with Crippen LogP contribution in [0.3, 0.4) is 0 Å². The summed E-state index contributed by atoms with van der Waals surface area (Å²) in [6, 6.07) is 8.79. The maximum atomic E-state index is 12.6. The zero-order valence-corrected chi connectivity index (χ0v) is 13.5. The molecule has 1 N–H and O–H groups in total. The minimum absolute atomic E-state index is 0.280. The Morgan fingerprint density at radius 1 is 1.10 bits per heavy atom. The molecule has 0 radical (unpaired) electrons. The maximum Gasteiger partial charge on any atom is 0.241 e. The molecule has 1 aromatic heterocycles. The van der Waals surface area contributed by atoms with E-state index in [2.05, 4.69) is 9.71 Å². The van der Waals surface area contributed by atoms with Crippen molar-refractivity contribution in [3.63, 3.8) is 0 Å². The first kappa shape index (κ1) is 15.7. The predicted octanol–water partition coefficient (Wildman–Crippen LogP) is 2.91. The molecule has 0 bridgehead atoms. The van der Waals surface area contributed by atoms with Gasteiger partial charge in [-0.2, -0.15) is 0 Å². The van der Waals surface area contributed by atoms with Crippen molar-refractivity contribution >= 4 is 10.0 Å². The second kappa shape index (κ2) is 5.58. The van der Waals surface area contributed by atoms with Crippen LogP contribution in [-0.2, 0) is 15.6 Å². The molecule has 21 heavy (non-hydrogen) atoms. The van der Waals surface area contributed by atoms with Crippen molar-refractivity contribution < 1.29 is 8.42 Å². The molecule has 0 atom stereocenters. The summed E-state index contributed by atoms with van der Waals surface area (Å²) in [6.07, 6.45) is 3.33. The van der Waals surface area contributed by atoms with Crippen LogP contribution < -0.4 is 4.72 Å². The molecule has 1 aromatic carbocycles. The Morgan fingerprint density at radius 3 is 2.38 bits per heavy atom. The van der Waals surface area contributed by atoms with Gasteiger partial charge in [0.25, 0.3) is 0 Å². The molecule has 2 rings (SSSR count). The molecular weight excluding hydrogens is 284 g/mol. The van der Waals surface area contributed by atoms with Gasteiger partial charge in [0.1, 0.15) is 0 Å². The lowest BCUT2D eigenvalue weighted by Crippen LogP contribution is -2.41. The lowest BCUT2D eigenvalue weighted by molar-refractivity contribution is 0.470. The molecule has 112 valence electrons. The fraction of sp³-hybridized carbons (Fsp3) is 0.312. The van der Waals surface area contributed by atoms with Crippen molar-refractivity contribution in [3.05, 3.63) is 59.4 Å². The first-order chi connectivity index (χ1) is 9.72. The van der Waals surface area contributed by atoms with E-state index in [-0.39, 0.29) is 4.90 Å². The summed E-state index contributed by atoms with van der Waals surface area (Å²) < 4.78 is 27.9. The van der Waals surface area contributed by atoms with Crippen LogP contribution in [-0.4, -0.2) is 13.4 Å². The molecule has 0 aliphatic heterocycles. The molecule has 0 amide bonds. The van der Waals surface area contributed by atoms with Crippen LogP contribution in [0.15, 0.2) is 47.6 Å². The Labute approximate surface area is 126 Å². The average molecular weight is 304 g/mol. The van der Waals surface area contributed by atoms with Gasteiger partial charge < -0.3 is 0 Å². The van der Waals surface area contributed by atoms with Crippen LogP contribution in [0, 0.1) is 13.8 Å². The summed E-state index contributed by atoms with van der Waals surface area (Å²) in [7, 11) is -3.58. The standard InChI is InChI=1S/C16H20N2O2S/c1-12-7-8-15(10-13(12)2)21(19,20)18-16(3,4)14-6-5-9-17-11-14/h5-11,18H,1-4H3. The second-order valence-electron chi connectivity index (χ2n) is 5.72. The van der Waals surface area contributed by atoms with Gasteiger partial charge in [0.2, 0.25) is 10.0 Å². The molecule has 0 fully saturated rings. The normalized spacial score (nSPS) is 12.4. The van der Waals surface area contributed by atoms with Crippen LogP contribution in [0.2, 0.25) is 0 Å². The van der Waals surface area contributed by atoms with Crippen molar-refractivity contribution in [2.45, 2.75) is 38.1 Å². The van der Waals surface area contributed by atoms with E-state index >= 15 is 0 Å². The molecule has 5 heteroatoms. The lowest BCUT2D eigenvalue weighted by atomic mass is 9.98. The van der Waals surface area contributed by atoms with Crippen LogP contribution >= 0.6 is 0 Å². The SMILES string of the molecule is Cc1ccc(S(=O)(=O)NC(C)(C)c2cccnc2)cc1C. The van der Waals surface area contributed by atoms with Crippen molar-refractivity contribution in [2.75, 3.05) is 0 Å². The summed E-state index contributed by atoms with van der Waals surface area (Å²) in [5.41, 5.74) is 2.11. The fourth-order valence-corrected chi connectivity index (χ4v) is 3.55. The van der Waals surface area contributed by atoms with Gasteiger partial charge in [-0.1, -0.05) is 12.1 Å². The molecular formula is C16H20N2O2S. The zero-order chi connectivity index (χ0) is 15.7. The van der Waals surface area contributed by atoms with E-state index in [1.165, 1.54) is 0 Å². The Hall–Kier alpha value is -1.72. The van der Waals surface area contributed by atoms with Crippen molar-refractivity contribution in [3.8, 4) is 0 Å². The Balaban J connectivity index is 2.35. The Bertz CT molecular complexity index is 738. The monoisotopic (exact) mass is 304 g/mol. The van der Waals surface area contributed by atoms with Crippen LogP contribution in [0.5, 0.6) is 0 Å². The van der Waals surface area contributed by atoms with Crippen molar-refractivity contribution in [2.24, 2.45) is 0 Å². The largest absolute Gasteiger partial charge is 0.264 e. The minimum atomic E-state index is -3.58. The van der Waals surface area contributed by atoms with Crippen LogP contribution in [0.25, 0.3) is 0 Å². The van der Waals surface area contributed by atoms with Gasteiger partial charge in [0.15, 0.2) is 0 Å². The lowest BCUT2D eigenvalue weighted by Gasteiger charge is -2.26. The van der Waals surface area contributed by atoms with E-state index in [1.807, 2.05) is 39.8 Å². The molecule has 0 aliphatic rings. The average Bonchev–Trinajstić information content (AvgIpc) is 2.41. The number of pyridine rings is 1. The van der Waals surface area contributed by atoms with Gasteiger partial charge in [-0.25, -0.2) is 13.1 Å². The number of benzene rings is 1. The van der Waals surface area contributed by atoms with E-state index in [9.17, 15) is 8.42 Å². The van der Waals surface area contributed by atoms with E-state index in [4.69, 9.17) is 0 Å². The third-order valence-corrected chi connectivity index (χ3v) is 5.21. The Morgan fingerprint density at radius 2 is 1.81 bits per heavy atom. The number of aryl methyl sites for hydroxylation is 2. The third kappa shape index (κ3) is 3.49. The third-order valence-electron chi connectivity index (χ3n) is 3.56. The second-order valence-corrected chi connectivity index (χ2v) is 7.40. The van der Waals surface area contributed by atoms with Gasteiger partial charge >= 0.3 is 0 Å². The number of nitrogens with zero attached hydrogens (tertiary/aromatic N) is 1. The van der Waals surface area contributed by atoms with Gasteiger partial charge in [-0.05, 0) is 62.6 Å². The highest BCUT2D eigenvalue weighted by molar-refractivity contribution is 7.89. The number of hydrogen-bond acceptors (Lipinski definition) is 3. The summed E-state index contributed by atoms with van der Waals surface area (Å²) >= 11 is 0. The summed E-state index contributed by atoms with van der Waals surface area (Å²) in [5.74, 6) is 0. The highest BCUT2D eigenvalue weighted by Crippen LogP contribution is 2.23. The molecule has 0 saturated heterocycles. The topological polar surface area (TPSA) is 59.1 Å². The number of sulfonamides is 1.